The van der Waals surface area contributed by atoms with Crippen LogP contribution in [0.15, 0.2) is 54.6 Å². The van der Waals surface area contributed by atoms with Crippen molar-refractivity contribution in [2.45, 2.75) is 55.7 Å². The van der Waals surface area contributed by atoms with Gasteiger partial charge in [0.05, 0.1) is 13.2 Å². The van der Waals surface area contributed by atoms with Crippen LogP contribution in [0.2, 0.25) is 0 Å². The first-order valence-corrected chi connectivity index (χ1v) is 10.8. The smallest absolute Gasteiger partial charge is 0.317 e. The van der Waals surface area contributed by atoms with Gasteiger partial charge in [0.2, 0.25) is 0 Å². The van der Waals surface area contributed by atoms with Gasteiger partial charge in [-0.15, -0.1) is 0 Å². The van der Waals surface area contributed by atoms with Crippen molar-refractivity contribution < 1.29 is 19.7 Å². The molecule has 2 aromatic rings. The molecule has 5 atom stereocenters. The minimum atomic E-state index is -1.39. The molecular formula is C25H31NO4. The van der Waals surface area contributed by atoms with Crippen LogP contribution in [0.1, 0.15) is 36.8 Å². The second-order valence-electron chi connectivity index (χ2n) is 8.89. The molecule has 0 aromatic heterocycles. The Hall–Kier alpha value is -2.37. The van der Waals surface area contributed by atoms with Crippen LogP contribution in [0, 0.1) is 5.92 Å². The minimum absolute atomic E-state index is 0.0340. The molecule has 0 amide bonds. The molecule has 160 valence electrons. The van der Waals surface area contributed by atoms with Crippen LogP contribution in [-0.2, 0) is 16.6 Å². The summed E-state index contributed by atoms with van der Waals surface area (Å²) >= 11 is 0. The summed E-state index contributed by atoms with van der Waals surface area (Å²) in [4.78, 5) is 15.3. The third kappa shape index (κ3) is 3.61. The summed E-state index contributed by atoms with van der Waals surface area (Å²) in [6, 6.07) is 17.6. The van der Waals surface area contributed by atoms with Crippen molar-refractivity contribution in [2.75, 3.05) is 14.2 Å². The molecule has 0 saturated carbocycles. The number of aliphatic carboxylic acids is 1. The Kier molecular flexibility index (Phi) is 5.85. The van der Waals surface area contributed by atoms with Crippen molar-refractivity contribution in [2.24, 2.45) is 5.92 Å². The number of carboxylic acid groups (broad SMARTS) is 1. The highest BCUT2D eigenvalue weighted by Gasteiger charge is 2.52. The summed E-state index contributed by atoms with van der Waals surface area (Å²) in [5.41, 5.74) is 0.139. The van der Waals surface area contributed by atoms with Crippen molar-refractivity contribution in [1.82, 2.24) is 4.90 Å². The highest BCUT2D eigenvalue weighted by molar-refractivity contribution is 5.83. The summed E-state index contributed by atoms with van der Waals surface area (Å²) in [6.07, 6.45) is 3.23. The molecule has 3 unspecified atom stereocenters. The van der Waals surface area contributed by atoms with Crippen molar-refractivity contribution in [3.8, 4) is 5.75 Å². The number of benzene rings is 2. The zero-order valence-electron chi connectivity index (χ0n) is 17.7. The molecule has 0 radical (unpaired) electrons. The Morgan fingerprint density at radius 2 is 1.70 bits per heavy atom. The molecule has 2 fully saturated rings. The Labute approximate surface area is 178 Å². The molecule has 2 saturated heterocycles. The number of rotatable bonds is 7. The van der Waals surface area contributed by atoms with E-state index >= 15 is 0 Å². The average molecular weight is 410 g/mol. The molecule has 4 rings (SSSR count). The fraction of sp³-hybridized carbons (Fsp3) is 0.480. The molecule has 0 aliphatic carbocycles. The lowest BCUT2D eigenvalue weighted by molar-refractivity contribution is -0.152. The number of hydrogen-bond acceptors (Lipinski definition) is 4. The average Bonchev–Trinajstić information content (AvgIpc) is 2.97. The summed E-state index contributed by atoms with van der Waals surface area (Å²) in [7, 11) is 3.77. The van der Waals surface area contributed by atoms with Gasteiger partial charge in [0.25, 0.3) is 0 Å². The second kappa shape index (κ2) is 8.40. The van der Waals surface area contributed by atoms with Gasteiger partial charge in [0.15, 0.2) is 0 Å². The van der Waals surface area contributed by atoms with Crippen LogP contribution in [0.3, 0.4) is 0 Å². The van der Waals surface area contributed by atoms with E-state index in [9.17, 15) is 15.0 Å². The number of aliphatic hydroxyl groups excluding tert-OH is 1. The second-order valence-corrected chi connectivity index (χ2v) is 8.89. The maximum Gasteiger partial charge on any atom is 0.317 e. The van der Waals surface area contributed by atoms with E-state index in [0.717, 1.165) is 37.0 Å². The Balaban J connectivity index is 1.73. The highest BCUT2D eigenvalue weighted by atomic mass is 16.5. The molecule has 0 spiro atoms. The number of aliphatic hydroxyl groups is 1. The summed E-state index contributed by atoms with van der Waals surface area (Å²) < 4.78 is 5.24. The summed E-state index contributed by atoms with van der Waals surface area (Å²) in [6.45, 7) is 0. The quantitative estimate of drug-likeness (QED) is 0.733. The van der Waals surface area contributed by atoms with Gasteiger partial charge in [-0.05, 0) is 68.3 Å². The topological polar surface area (TPSA) is 70.0 Å². The Morgan fingerprint density at radius 3 is 2.23 bits per heavy atom. The molecule has 2 aromatic carbocycles. The normalized spacial score (nSPS) is 26.7. The molecular weight excluding hydrogens is 378 g/mol. The maximum atomic E-state index is 12.9. The third-order valence-electron chi connectivity index (χ3n) is 7.40. The van der Waals surface area contributed by atoms with E-state index in [4.69, 9.17) is 4.74 Å². The van der Waals surface area contributed by atoms with Gasteiger partial charge in [0, 0.05) is 12.1 Å². The first-order valence-electron chi connectivity index (χ1n) is 10.8. The van der Waals surface area contributed by atoms with E-state index in [1.165, 1.54) is 0 Å². The largest absolute Gasteiger partial charge is 0.497 e. The molecule has 5 heteroatoms. The number of hydrogen-bond donors (Lipinski definition) is 2. The number of piperidine rings is 1. The van der Waals surface area contributed by atoms with Gasteiger partial charge < -0.3 is 19.8 Å². The predicted octanol–water partition coefficient (Wildman–Crippen LogP) is 3.49. The van der Waals surface area contributed by atoms with Gasteiger partial charge in [-0.3, -0.25) is 4.79 Å². The van der Waals surface area contributed by atoms with Gasteiger partial charge in [-0.1, -0.05) is 42.5 Å². The van der Waals surface area contributed by atoms with E-state index < -0.39 is 17.5 Å². The van der Waals surface area contributed by atoms with E-state index in [-0.39, 0.29) is 12.3 Å². The van der Waals surface area contributed by atoms with Crippen LogP contribution in [-0.4, -0.2) is 53.4 Å². The van der Waals surface area contributed by atoms with Crippen LogP contribution in [0.4, 0.5) is 0 Å². The lowest BCUT2D eigenvalue weighted by Crippen LogP contribution is -2.55. The number of carboxylic acids is 1. The highest BCUT2D eigenvalue weighted by Crippen LogP contribution is 2.44. The van der Waals surface area contributed by atoms with Crippen molar-refractivity contribution in [3.05, 3.63) is 65.7 Å². The molecule has 2 heterocycles. The van der Waals surface area contributed by atoms with E-state index in [0.29, 0.717) is 17.6 Å². The van der Waals surface area contributed by atoms with E-state index in [2.05, 4.69) is 11.9 Å². The van der Waals surface area contributed by atoms with E-state index in [1.807, 2.05) is 54.6 Å². The Morgan fingerprint density at radius 1 is 1.10 bits per heavy atom. The SMILES string of the molecule is COc1ccc(CC(C(=O)O)(c2ccccc2)C(O)C2C[C@H]3CC[C@@H](C2)N3C)cc1. The van der Waals surface area contributed by atoms with Crippen LogP contribution < -0.4 is 4.74 Å². The summed E-state index contributed by atoms with van der Waals surface area (Å²) in [5, 5.41) is 22.2. The first kappa shape index (κ1) is 20.9. The standard InChI is InChI=1S/C25H31NO4/c1-26-20-10-11-21(26)15-18(14-20)23(27)25(24(28)29,19-6-4-3-5-7-19)16-17-8-12-22(30-2)13-9-17/h3-9,12-13,18,20-21,23,27H,10-11,14-16H2,1-2H3,(H,28,29)/t18?,20-,21+,23?,25?. The van der Waals surface area contributed by atoms with E-state index in [1.54, 1.807) is 7.11 Å². The molecule has 5 nitrogen and oxygen atoms in total. The zero-order chi connectivity index (χ0) is 21.3. The number of fused-ring (bicyclic) bond motifs is 2. The Bertz CT molecular complexity index is 854. The monoisotopic (exact) mass is 409 g/mol. The number of methoxy groups -OCH3 is 1. The van der Waals surface area contributed by atoms with Crippen molar-refractivity contribution >= 4 is 5.97 Å². The van der Waals surface area contributed by atoms with Gasteiger partial charge in [-0.2, -0.15) is 0 Å². The van der Waals surface area contributed by atoms with Crippen LogP contribution in [0.25, 0.3) is 0 Å². The van der Waals surface area contributed by atoms with Gasteiger partial charge in [-0.25, -0.2) is 0 Å². The number of carbonyl (C=O) groups is 1. The maximum absolute atomic E-state index is 12.9. The number of nitrogens with zero attached hydrogens (tertiary/aromatic N) is 1. The third-order valence-corrected chi connectivity index (χ3v) is 7.40. The predicted molar refractivity (Wildman–Crippen MR) is 116 cm³/mol. The zero-order valence-corrected chi connectivity index (χ0v) is 17.7. The molecule has 2 N–H and O–H groups in total. The number of ether oxygens (including phenoxy) is 1. The minimum Gasteiger partial charge on any atom is -0.497 e. The van der Waals surface area contributed by atoms with Crippen LogP contribution in [0.5, 0.6) is 5.75 Å². The van der Waals surface area contributed by atoms with Gasteiger partial charge in [0.1, 0.15) is 11.2 Å². The van der Waals surface area contributed by atoms with Crippen LogP contribution >= 0.6 is 0 Å². The van der Waals surface area contributed by atoms with Crippen molar-refractivity contribution in [3.63, 3.8) is 0 Å². The fourth-order valence-corrected chi connectivity index (χ4v) is 5.62. The molecule has 30 heavy (non-hydrogen) atoms. The fourth-order valence-electron chi connectivity index (χ4n) is 5.62. The lowest BCUT2D eigenvalue weighted by atomic mass is 9.65. The van der Waals surface area contributed by atoms with Gasteiger partial charge >= 0.3 is 5.97 Å². The molecule has 2 bridgehead atoms. The first-order chi connectivity index (χ1) is 14.5. The molecule has 2 aliphatic heterocycles. The summed E-state index contributed by atoms with van der Waals surface area (Å²) in [5.74, 6) is -0.275. The lowest BCUT2D eigenvalue weighted by Gasteiger charge is -2.44. The molecule has 2 aliphatic rings. The van der Waals surface area contributed by atoms with Crippen molar-refractivity contribution in [1.29, 1.82) is 0 Å².